The minimum Gasteiger partial charge on any atom is -0.353 e. The van der Waals surface area contributed by atoms with Crippen molar-refractivity contribution in [1.82, 2.24) is 10.3 Å². The van der Waals surface area contributed by atoms with Gasteiger partial charge >= 0.3 is 4.87 Å². The molecular weight excluding hydrogens is 152 g/mol. The van der Waals surface area contributed by atoms with E-state index in [9.17, 15) is 9.59 Å². The molecular formula is C5H6N2O2S. The van der Waals surface area contributed by atoms with Crippen LogP contribution in [-0.4, -0.2) is 11.4 Å². The van der Waals surface area contributed by atoms with Crippen molar-refractivity contribution >= 4 is 17.7 Å². The lowest BCUT2D eigenvalue weighted by molar-refractivity contribution is -0.109. The number of nitrogens with one attached hydrogen (secondary N) is 2. The number of rotatable bonds is 3. The molecule has 0 aromatic carbocycles. The van der Waals surface area contributed by atoms with E-state index in [1.807, 2.05) is 0 Å². The fourth-order valence-electron chi connectivity index (χ4n) is 0.552. The molecule has 5 heteroatoms. The van der Waals surface area contributed by atoms with Crippen molar-refractivity contribution in [3.8, 4) is 0 Å². The molecule has 0 aliphatic heterocycles. The zero-order valence-electron chi connectivity index (χ0n) is 5.09. The monoisotopic (exact) mass is 158 g/mol. The summed E-state index contributed by atoms with van der Waals surface area (Å²) in [4.78, 5) is 22.7. The van der Waals surface area contributed by atoms with Gasteiger partial charge in [-0.15, -0.1) is 0 Å². The number of carbonyl (C=O) groups is 1. The summed E-state index contributed by atoms with van der Waals surface area (Å²) in [5, 5.41) is 4.11. The third-order valence-electron chi connectivity index (χ3n) is 0.947. The van der Waals surface area contributed by atoms with Gasteiger partial charge in [-0.2, -0.15) is 0 Å². The summed E-state index contributed by atoms with van der Waals surface area (Å²) in [7, 11) is 0. The van der Waals surface area contributed by atoms with Crippen LogP contribution in [0.3, 0.4) is 0 Å². The molecule has 0 aliphatic carbocycles. The summed E-state index contributed by atoms with van der Waals surface area (Å²) in [6.45, 7) is 0.391. The molecule has 0 spiro atoms. The highest BCUT2D eigenvalue weighted by molar-refractivity contribution is 7.07. The van der Waals surface area contributed by atoms with Gasteiger partial charge in [0.05, 0.1) is 6.54 Å². The van der Waals surface area contributed by atoms with Crippen LogP contribution < -0.4 is 10.2 Å². The SMILES string of the molecule is O=CNCc1csc(=O)[nH]1. The standard InChI is InChI=1S/C5H6N2O2S/c8-3-6-1-4-2-10-5(9)7-4/h2-3H,1H2,(H,6,8)(H,7,9). The van der Waals surface area contributed by atoms with Gasteiger partial charge in [-0.1, -0.05) is 11.3 Å². The predicted octanol–water partition coefficient (Wildman–Crippen LogP) is -0.318. The molecule has 1 aromatic heterocycles. The van der Waals surface area contributed by atoms with Gasteiger partial charge in [-0.3, -0.25) is 9.59 Å². The predicted molar refractivity (Wildman–Crippen MR) is 37.8 cm³/mol. The molecule has 0 unspecified atom stereocenters. The minimum absolute atomic E-state index is 0.0947. The van der Waals surface area contributed by atoms with Gasteiger partial charge in [0.25, 0.3) is 0 Å². The van der Waals surface area contributed by atoms with E-state index in [4.69, 9.17) is 0 Å². The molecule has 1 heterocycles. The van der Waals surface area contributed by atoms with Crippen LogP contribution in [0.4, 0.5) is 0 Å². The van der Waals surface area contributed by atoms with Crippen LogP contribution in [0.25, 0.3) is 0 Å². The summed E-state index contributed by atoms with van der Waals surface area (Å²) in [6.07, 6.45) is 0.593. The van der Waals surface area contributed by atoms with Gasteiger partial charge in [0.1, 0.15) is 0 Å². The van der Waals surface area contributed by atoms with E-state index in [2.05, 4.69) is 10.3 Å². The topological polar surface area (TPSA) is 62.0 Å². The van der Waals surface area contributed by atoms with Crippen LogP contribution in [-0.2, 0) is 11.3 Å². The number of hydrogen-bond donors (Lipinski definition) is 2. The van der Waals surface area contributed by atoms with Crippen molar-refractivity contribution in [2.75, 3.05) is 0 Å². The van der Waals surface area contributed by atoms with E-state index >= 15 is 0 Å². The number of thiazole rings is 1. The molecule has 2 N–H and O–H groups in total. The fraction of sp³-hybridized carbons (Fsp3) is 0.200. The molecule has 0 bridgehead atoms. The Kier molecular flexibility index (Phi) is 2.22. The smallest absolute Gasteiger partial charge is 0.304 e. The highest BCUT2D eigenvalue weighted by Crippen LogP contribution is 1.92. The van der Waals surface area contributed by atoms with Gasteiger partial charge in [-0.25, -0.2) is 0 Å². The number of H-pyrrole nitrogens is 1. The van der Waals surface area contributed by atoms with Crippen LogP contribution in [0, 0.1) is 0 Å². The average Bonchev–Trinajstić information content (AvgIpc) is 2.31. The van der Waals surface area contributed by atoms with Crippen molar-refractivity contribution in [2.45, 2.75) is 6.54 Å². The summed E-state index contributed by atoms with van der Waals surface area (Å²) < 4.78 is 0. The Morgan fingerprint density at radius 3 is 3.10 bits per heavy atom. The Bertz CT molecular complexity index is 265. The first-order valence-corrected chi connectivity index (χ1v) is 3.54. The Morgan fingerprint density at radius 1 is 1.80 bits per heavy atom. The molecule has 0 atom stereocenters. The Balaban J connectivity index is 2.58. The lowest BCUT2D eigenvalue weighted by Crippen LogP contribution is -2.10. The largest absolute Gasteiger partial charge is 0.353 e. The summed E-state index contributed by atoms with van der Waals surface area (Å²) >= 11 is 1.09. The molecule has 4 nitrogen and oxygen atoms in total. The number of aromatic nitrogens is 1. The third kappa shape index (κ3) is 1.70. The van der Waals surface area contributed by atoms with E-state index in [1.165, 1.54) is 0 Å². The lowest BCUT2D eigenvalue weighted by atomic mass is 10.5. The highest BCUT2D eigenvalue weighted by Gasteiger charge is 1.92. The summed E-state index contributed by atoms with van der Waals surface area (Å²) in [5.41, 5.74) is 0.738. The number of aromatic amines is 1. The molecule has 0 aliphatic rings. The van der Waals surface area contributed by atoms with Gasteiger partial charge in [0.2, 0.25) is 6.41 Å². The molecule has 10 heavy (non-hydrogen) atoms. The number of hydrogen-bond acceptors (Lipinski definition) is 3. The molecule has 0 fully saturated rings. The van der Waals surface area contributed by atoms with Crippen molar-refractivity contribution in [2.24, 2.45) is 0 Å². The van der Waals surface area contributed by atoms with Crippen LogP contribution >= 0.6 is 11.3 Å². The average molecular weight is 158 g/mol. The zero-order valence-corrected chi connectivity index (χ0v) is 5.90. The minimum atomic E-state index is -0.0947. The molecule has 1 amide bonds. The maximum absolute atomic E-state index is 10.5. The first-order chi connectivity index (χ1) is 4.83. The van der Waals surface area contributed by atoms with E-state index in [0.717, 1.165) is 17.0 Å². The summed E-state index contributed by atoms with van der Waals surface area (Å²) in [6, 6.07) is 0. The quantitative estimate of drug-likeness (QED) is 0.592. The van der Waals surface area contributed by atoms with Gasteiger partial charge < -0.3 is 10.3 Å². The van der Waals surface area contributed by atoms with Gasteiger partial charge in [-0.05, 0) is 0 Å². The van der Waals surface area contributed by atoms with Crippen LogP contribution in [0.15, 0.2) is 10.2 Å². The maximum Gasteiger partial charge on any atom is 0.304 e. The molecule has 1 rings (SSSR count). The van der Waals surface area contributed by atoms with Crippen LogP contribution in [0.1, 0.15) is 5.69 Å². The number of carbonyl (C=O) groups excluding carboxylic acids is 1. The molecule has 0 saturated heterocycles. The van der Waals surface area contributed by atoms with Crippen molar-refractivity contribution < 1.29 is 4.79 Å². The Labute approximate surface area is 60.9 Å². The van der Waals surface area contributed by atoms with Crippen molar-refractivity contribution in [3.63, 3.8) is 0 Å². The van der Waals surface area contributed by atoms with Crippen molar-refractivity contribution in [3.05, 3.63) is 20.7 Å². The number of amides is 1. The van der Waals surface area contributed by atoms with Crippen molar-refractivity contribution in [1.29, 1.82) is 0 Å². The van der Waals surface area contributed by atoms with E-state index < -0.39 is 0 Å². The first kappa shape index (κ1) is 7.01. The highest BCUT2D eigenvalue weighted by atomic mass is 32.1. The third-order valence-corrected chi connectivity index (χ3v) is 1.67. The second-order valence-electron chi connectivity index (χ2n) is 1.67. The molecule has 1 aromatic rings. The Hall–Kier alpha value is -1.10. The second-order valence-corrected chi connectivity index (χ2v) is 2.51. The maximum atomic E-state index is 10.5. The van der Waals surface area contributed by atoms with E-state index in [1.54, 1.807) is 5.38 Å². The second kappa shape index (κ2) is 3.17. The molecule has 0 saturated carbocycles. The van der Waals surface area contributed by atoms with Gasteiger partial charge in [0.15, 0.2) is 0 Å². The molecule has 54 valence electrons. The van der Waals surface area contributed by atoms with E-state index in [-0.39, 0.29) is 4.87 Å². The molecule has 0 radical (unpaired) electrons. The van der Waals surface area contributed by atoms with Gasteiger partial charge in [0, 0.05) is 11.1 Å². The zero-order chi connectivity index (χ0) is 7.40. The normalized spacial score (nSPS) is 9.20. The first-order valence-electron chi connectivity index (χ1n) is 2.66. The van der Waals surface area contributed by atoms with E-state index in [0.29, 0.717) is 13.0 Å². The Morgan fingerprint density at radius 2 is 2.60 bits per heavy atom. The van der Waals surface area contributed by atoms with Crippen LogP contribution in [0.2, 0.25) is 0 Å². The van der Waals surface area contributed by atoms with Crippen LogP contribution in [0.5, 0.6) is 0 Å². The fourth-order valence-corrected chi connectivity index (χ4v) is 1.13. The lowest BCUT2D eigenvalue weighted by Gasteiger charge is -1.90. The summed E-state index contributed by atoms with van der Waals surface area (Å²) in [5.74, 6) is 0.